The molecular formula is C18H24ClN3O3. The standard InChI is InChI=1S/C18H24ClN3O3/c1-12(23)20-14-5-6-15(19)16(9-14)21-18(24)17-11-25-8-7-22(17)10-13-3-2-4-13/h5-6,9,13,17H,2-4,7-8,10-11H2,1H3,(H,20,23)(H,21,24). The highest BCUT2D eigenvalue weighted by atomic mass is 35.5. The first-order valence-electron chi connectivity index (χ1n) is 8.72. The number of morpholine rings is 1. The van der Waals surface area contributed by atoms with Gasteiger partial charge in [-0.15, -0.1) is 0 Å². The van der Waals surface area contributed by atoms with Crippen molar-refractivity contribution in [3.05, 3.63) is 23.2 Å². The third-order valence-electron chi connectivity index (χ3n) is 4.80. The molecule has 1 atom stereocenters. The SMILES string of the molecule is CC(=O)Nc1ccc(Cl)c(NC(=O)C2COCCN2CC2CCC2)c1. The van der Waals surface area contributed by atoms with E-state index < -0.39 is 0 Å². The molecule has 2 fully saturated rings. The highest BCUT2D eigenvalue weighted by Crippen LogP contribution is 2.29. The van der Waals surface area contributed by atoms with Gasteiger partial charge in [-0.05, 0) is 37.0 Å². The first-order chi connectivity index (χ1) is 12.0. The van der Waals surface area contributed by atoms with Gasteiger partial charge in [0.15, 0.2) is 0 Å². The van der Waals surface area contributed by atoms with Crippen LogP contribution in [0, 0.1) is 5.92 Å². The predicted molar refractivity (Wildman–Crippen MR) is 97.9 cm³/mol. The summed E-state index contributed by atoms with van der Waals surface area (Å²) in [6, 6.07) is 4.72. The van der Waals surface area contributed by atoms with Gasteiger partial charge in [0.05, 0.1) is 23.9 Å². The molecule has 0 bridgehead atoms. The van der Waals surface area contributed by atoms with Crippen molar-refractivity contribution in [3.8, 4) is 0 Å². The molecule has 1 heterocycles. The summed E-state index contributed by atoms with van der Waals surface area (Å²) in [5.74, 6) is 0.396. The number of halogens is 1. The van der Waals surface area contributed by atoms with Crippen molar-refractivity contribution in [2.24, 2.45) is 5.92 Å². The van der Waals surface area contributed by atoms with Crippen LogP contribution in [0.4, 0.5) is 11.4 Å². The number of anilines is 2. The van der Waals surface area contributed by atoms with E-state index in [1.54, 1.807) is 18.2 Å². The Hall–Kier alpha value is -1.63. The van der Waals surface area contributed by atoms with Crippen molar-refractivity contribution in [1.82, 2.24) is 4.90 Å². The van der Waals surface area contributed by atoms with Gasteiger partial charge in [0.2, 0.25) is 11.8 Å². The topological polar surface area (TPSA) is 70.7 Å². The fourth-order valence-electron chi connectivity index (χ4n) is 3.22. The summed E-state index contributed by atoms with van der Waals surface area (Å²) in [5, 5.41) is 6.02. The molecule has 25 heavy (non-hydrogen) atoms. The van der Waals surface area contributed by atoms with Crippen LogP contribution in [0.3, 0.4) is 0 Å². The van der Waals surface area contributed by atoms with Crippen molar-refractivity contribution in [2.75, 3.05) is 36.9 Å². The molecule has 0 radical (unpaired) electrons. The van der Waals surface area contributed by atoms with Gasteiger partial charge in [0, 0.05) is 25.7 Å². The van der Waals surface area contributed by atoms with E-state index in [9.17, 15) is 9.59 Å². The Morgan fingerprint density at radius 2 is 2.12 bits per heavy atom. The highest BCUT2D eigenvalue weighted by molar-refractivity contribution is 6.34. The third kappa shape index (κ3) is 4.71. The average Bonchev–Trinajstić information content (AvgIpc) is 2.54. The minimum absolute atomic E-state index is 0.124. The Labute approximate surface area is 152 Å². The van der Waals surface area contributed by atoms with Gasteiger partial charge in [-0.1, -0.05) is 18.0 Å². The lowest BCUT2D eigenvalue weighted by Crippen LogP contribution is -2.53. The van der Waals surface area contributed by atoms with E-state index >= 15 is 0 Å². The summed E-state index contributed by atoms with van der Waals surface area (Å²) in [6.07, 6.45) is 3.78. The summed E-state index contributed by atoms with van der Waals surface area (Å²) in [7, 11) is 0. The third-order valence-corrected chi connectivity index (χ3v) is 5.13. The molecule has 0 spiro atoms. The molecule has 2 amide bonds. The van der Waals surface area contributed by atoms with Gasteiger partial charge in [-0.2, -0.15) is 0 Å². The Morgan fingerprint density at radius 3 is 2.80 bits per heavy atom. The molecule has 1 unspecified atom stereocenters. The zero-order valence-electron chi connectivity index (χ0n) is 14.4. The first kappa shape index (κ1) is 18.2. The van der Waals surface area contributed by atoms with Gasteiger partial charge in [-0.3, -0.25) is 14.5 Å². The predicted octanol–water partition coefficient (Wildman–Crippen LogP) is 2.74. The molecular weight excluding hydrogens is 342 g/mol. The van der Waals surface area contributed by atoms with Crippen LogP contribution in [0.5, 0.6) is 0 Å². The average molecular weight is 366 g/mol. The summed E-state index contributed by atoms with van der Waals surface area (Å²) in [6.45, 7) is 4.21. The number of nitrogens with zero attached hydrogens (tertiary/aromatic N) is 1. The molecule has 1 aliphatic heterocycles. The van der Waals surface area contributed by atoms with E-state index in [0.29, 0.717) is 35.5 Å². The second-order valence-corrected chi connectivity index (χ2v) is 7.15. The summed E-state index contributed by atoms with van der Waals surface area (Å²) in [4.78, 5) is 26.2. The van der Waals surface area contributed by atoms with E-state index in [2.05, 4.69) is 15.5 Å². The van der Waals surface area contributed by atoms with Crippen molar-refractivity contribution >= 4 is 34.8 Å². The van der Waals surface area contributed by atoms with Crippen LogP contribution in [-0.4, -0.2) is 49.1 Å². The minimum Gasteiger partial charge on any atom is -0.378 e. The molecule has 2 aliphatic rings. The number of amides is 2. The number of carbonyl (C=O) groups excluding carboxylic acids is 2. The lowest BCUT2D eigenvalue weighted by Gasteiger charge is -2.39. The van der Waals surface area contributed by atoms with Crippen LogP contribution in [0.25, 0.3) is 0 Å². The molecule has 0 aromatic heterocycles. The summed E-state index contributed by atoms with van der Waals surface area (Å²) >= 11 is 6.20. The molecule has 1 saturated heterocycles. The maximum Gasteiger partial charge on any atom is 0.244 e. The molecule has 7 heteroatoms. The Balaban J connectivity index is 1.68. The van der Waals surface area contributed by atoms with Crippen molar-refractivity contribution < 1.29 is 14.3 Å². The Bertz CT molecular complexity index is 648. The highest BCUT2D eigenvalue weighted by Gasteiger charge is 2.32. The van der Waals surface area contributed by atoms with E-state index in [1.807, 2.05) is 0 Å². The van der Waals surface area contributed by atoms with Gasteiger partial charge in [0.25, 0.3) is 0 Å². The van der Waals surface area contributed by atoms with Crippen LogP contribution in [0.15, 0.2) is 18.2 Å². The van der Waals surface area contributed by atoms with Gasteiger partial charge >= 0.3 is 0 Å². The van der Waals surface area contributed by atoms with E-state index in [1.165, 1.54) is 26.2 Å². The number of ether oxygens (including phenoxy) is 1. The Morgan fingerprint density at radius 1 is 1.32 bits per heavy atom. The molecule has 1 aromatic rings. The van der Waals surface area contributed by atoms with E-state index in [-0.39, 0.29) is 17.9 Å². The van der Waals surface area contributed by atoms with Gasteiger partial charge in [0.1, 0.15) is 6.04 Å². The van der Waals surface area contributed by atoms with Gasteiger partial charge < -0.3 is 15.4 Å². The molecule has 6 nitrogen and oxygen atoms in total. The molecule has 3 rings (SSSR count). The van der Waals surface area contributed by atoms with Crippen LogP contribution >= 0.6 is 11.6 Å². The maximum atomic E-state index is 12.8. The van der Waals surface area contributed by atoms with Crippen molar-refractivity contribution in [2.45, 2.75) is 32.2 Å². The zero-order chi connectivity index (χ0) is 17.8. The lowest BCUT2D eigenvalue weighted by molar-refractivity contribution is -0.128. The number of benzene rings is 1. The molecule has 136 valence electrons. The second kappa shape index (κ2) is 8.17. The molecule has 1 saturated carbocycles. The number of carbonyl (C=O) groups is 2. The smallest absolute Gasteiger partial charge is 0.244 e. The fraction of sp³-hybridized carbons (Fsp3) is 0.556. The lowest BCUT2D eigenvalue weighted by atomic mass is 9.84. The van der Waals surface area contributed by atoms with Gasteiger partial charge in [-0.25, -0.2) is 0 Å². The Kier molecular flexibility index (Phi) is 5.93. The van der Waals surface area contributed by atoms with Crippen LogP contribution in [0.2, 0.25) is 5.02 Å². The molecule has 1 aliphatic carbocycles. The maximum absolute atomic E-state index is 12.8. The summed E-state index contributed by atoms with van der Waals surface area (Å²) in [5.41, 5.74) is 1.09. The zero-order valence-corrected chi connectivity index (χ0v) is 15.1. The number of hydrogen-bond donors (Lipinski definition) is 2. The minimum atomic E-state index is -0.310. The normalized spacial score (nSPS) is 21.4. The van der Waals surface area contributed by atoms with Crippen LogP contribution in [-0.2, 0) is 14.3 Å². The fourth-order valence-corrected chi connectivity index (χ4v) is 3.39. The van der Waals surface area contributed by atoms with Crippen molar-refractivity contribution in [1.29, 1.82) is 0 Å². The number of nitrogens with one attached hydrogen (secondary N) is 2. The summed E-state index contributed by atoms with van der Waals surface area (Å²) < 4.78 is 5.52. The van der Waals surface area contributed by atoms with E-state index in [0.717, 1.165) is 13.1 Å². The second-order valence-electron chi connectivity index (χ2n) is 6.75. The monoisotopic (exact) mass is 365 g/mol. The van der Waals surface area contributed by atoms with Crippen LogP contribution in [0.1, 0.15) is 26.2 Å². The number of hydrogen-bond acceptors (Lipinski definition) is 4. The molecule has 1 aromatic carbocycles. The quantitative estimate of drug-likeness (QED) is 0.841. The number of rotatable bonds is 5. The van der Waals surface area contributed by atoms with Crippen LogP contribution < -0.4 is 10.6 Å². The first-order valence-corrected chi connectivity index (χ1v) is 9.10. The molecule has 2 N–H and O–H groups in total. The van der Waals surface area contributed by atoms with E-state index in [4.69, 9.17) is 16.3 Å². The van der Waals surface area contributed by atoms with Crippen molar-refractivity contribution in [3.63, 3.8) is 0 Å². The largest absolute Gasteiger partial charge is 0.378 e.